The minimum atomic E-state index is 0.481. The van der Waals surface area contributed by atoms with Gasteiger partial charge in [0, 0.05) is 17.6 Å². The van der Waals surface area contributed by atoms with Crippen molar-refractivity contribution in [2.75, 3.05) is 0 Å². The van der Waals surface area contributed by atoms with Gasteiger partial charge in [-0.3, -0.25) is 0 Å². The fourth-order valence-corrected chi connectivity index (χ4v) is 2.50. The van der Waals surface area contributed by atoms with Crippen LogP contribution in [0.5, 0.6) is 0 Å². The first kappa shape index (κ1) is 12.1. The van der Waals surface area contributed by atoms with E-state index in [4.69, 9.17) is 11.6 Å². The number of aromatic nitrogens is 3. The lowest BCUT2D eigenvalue weighted by Crippen LogP contribution is -2.01. The van der Waals surface area contributed by atoms with Crippen LogP contribution in [0.15, 0.2) is 18.3 Å². The highest BCUT2D eigenvalue weighted by Crippen LogP contribution is 2.29. The van der Waals surface area contributed by atoms with E-state index in [0.717, 1.165) is 23.9 Å². The molecule has 2 rings (SSSR count). The predicted octanol–water partition coefficient (Wildman–Crippen LogP) is 3.53. The Balaban J connectivity index is 2.76. The molecule has 0 N–H and O–H groups in total. The lowest BCUT2D eigenvalue weighted by Gasteiger charge is -2.07. The molecular formula is C13H16ClN3. The Morgan fingerprint density at radius 2 is 2.24 bits per heavy atom. The van der Waals surface area contributed by atoms with E-state index in [1.807, 2.05) is 13.0 Å². The number of hydrogen-bond donors (Lipinski definition) is 0. The minimum Gasteiger partial charge on any atom is -0.338 e. The van der Waals surface area contributed by atoms with Crippen molar-refractivity contribution in [3.05, 3.63) is 34.8 Å². The Morgan fingerprint density at radius 3 is 2.88 bits per heavy atom. The van der Waals surface area contributed by atoms with Gasteiger partial charge >= 0.3 is 0 Å². The van der Waals surface area contributed by atoms with Crippen molar-refractivity contribution in [2.24, 2.45) is 0 Å². The molecule has 0 unspecified atom stereocenters. The van der Waals surface area contributed by atoms with Crippen LogP contribution in [-0.4, -0.2) is 14.8 Å². The number of nitrogens with zero attached hydrogens (tertiary/aromatic N) is 3. The lowest BCUT2D eigenvalue weighted by atomic mass is 10.2. The summed E-state index contributed by atoms with van der Waals surface area (Å²) < 4.78 is 2.22. The molecule has 0 bridgehead atoms. The van der Waals surface area contributed by atoms with E-state index in [1.165, 1.54) is 11.3 Å². The topological polar surface area (TPSA) is 30.7 Å². The second-order valence-corrected chi connectivity index (χ2v) is 4.36. The number of fused-ring (bicyclic) bond motifs is 1. The van der Waals surface area contributed by atoms with Crippen LogP contribution in [0.25, 0.3) is 10.9 Å². The van der Waals surface area contributed by atoms with Crippen LogP contribution in [0, 0.1) is 6.92 Å². The molecule has 2 aromatic rings. The Morgan fingerprint density at radius 1 is 1.47 bits per heavy atom. The Hall–Kier alpha value is -1.35. The molecule has 0 amide bonds. The molecule has 0 saturated carbocycles. The van der Waals surface area contributed by atoms with Crippen molar-refractivity contribution in [3.8, 4) is 0 Å². The summed E-state index contributed by atoms with van der Waals surface area (Å²) in [6, 6.07) is 0. The summed E-state index contributed by atoms with van der Waals surface area (Å²) in [5, 5.41) is 9.45. The predicted molar refractivity (Wildman–Crippen MR) is 71.5 cm³/mol. The van der Waals surface area contributed by atoms with Crippen LogP contribution in [0.3, 0.4) is 0 Å². The summed E-state index contributed by atoms with van der Waals surface area (Å²) in [6.45, 7) is 7.12. The van der Waals surface area contributed by atoms with Gasteiger partial charge in [0.05, 0.1) is 11.7 Å². The quantitative estimate of drug-likeness (QED) is 0.779. The number of aryl methyl sites for hydroxylation is 1. The lowest BCUT2D eigenvalue weighted by molar-refractivity contribution is 0.786. The summed E-state index contributed by atoms with van der Waals surface area (Å²) >= 11 is 6.16. The van der Waals surface area contributed by atoms with Crippen molar-refractivity contribution in [1.82, 2.24) is 14.8 Å². The zero-order valence-corrected chi connectivity index (χ0v) is 11.1. The first-order chi connectivity index (χ1) is 8.20. The van der Waals surface area contributed by atoms with Gasteiger partial charge in [-0.15, -0.1) is 5.10 Å². The highest BCUT2D eigenvalue weighted by atomic mass is 35.5. The van der Waals surface area contributed by atoms with Gasteiger partial charge < -0.3 is 4.57 Å². The van der Waals surface area contributed by atoms with Gasteiger partial charge in [0.2, 0.25) is 0 Å². The average molecular weight is 250 g/mol. The molecule has 0 fully saturated rings. The zero-order chi connectivity index (χ0) is 12.4. The minimum absolute atomic E-state index is 0.481. The van der Waals surface area contributed by atoms with E-state index >= 15 is 0 Å². The van der Waals surface area contributed by atoms with Crippen molar-refractivity contribution >= 4 is 22.5 Å². The van der Waals surface area contributed by atoms with E-state index in [0.29, 0.717) is 5.15 Å². The smallest absolute Gasteiger partial charge is 0.175 e. The monoisotopic (exact) mass is 249 g/mol. The molecule has 0 saturated heterocycles. The summed E-state index contributed by atoms with van der Waals surface area (Å²) in [5.41, 5.74) is 3.55. The molecule has 0 atom stereocenters. The third kappa shape index (κ3) is 1.95. The number of halogens is 1. The SMILES string of the molecule is C/C=C/Cn1c(CC)c(C)c2cnnc(Cl)c21. The van der Waals surface area contributed by atoms with Gasteiger partial charge in [-0.1, -0.05) is 30.7 Å². The summed E-state index contributed by atoms with van der Waals surface area (Å²) in [4.78, 5) is 0. The largest absolute Gasteiger partial charge is 0.338 e. The Kier molecular flexibility index (Phi) is 3.48. The van der Waals surface area contributed by atoms with Crippen LogP contribution >= 0.6 is 11.6 Å². The third-order valence-electron chi connectivity index (χ3n) is 3.07. The Labute approximate surface area is 106 Å². The van der Waals surface area contributed by atoms with E-state index in [9.17, 15) is 0 Å². The first-order valence-corrected chi connectivity index (χ1v) is 6.18. The molecule has 0 aliphatic carbocycles. The van der Waals surface area contributed by atoms with Crippen LogP contribution in [0.4, 0.5) is 0 Å². The zero-order valence-electron chi connectivity index (χ0n) is 10.4. The van der Waals surface area contributed by atoms with Crippen LogP contribution < -0.4 is 0 Å². The van der Waals surface area contributed by atoms with Gasteiger partial charge in [0.25, 0.3) is 0 Å². The molecule has 4 heteroatoms. The molecule has 0 aliphatic rings. The molecule has 0 aromatic carbocycles. The van der Waals surface area contributed by atoms with Gasteiger partial charge in [-0.05, 0) is 25.8 Å². The summed E-state index contributed by atoms with van der Waals surface area (Å²) in [7, 11) is 0. The van der Waals surface area contributed by atoms with E-state index in [2.05, 4.69) is 34.7 Å². The van der Waals surface area contributed by atoms with Gasteiger partial charge in [-0.2, -0.15) is 5.10 Å². The molecule has 2 heterocycles. The van der Waals surface area contributed by atoms with Gasteiger partial charge in [0.1, 0.15) is 0 Å². The number of allylic oxidation sites excluding steroid dienone is 2. The molecule has 0 aliphatic heterocycles. The number of rotatable bonds is 3. The van der Waals surface area contributed by atoms with Crippen LogP contribution in [-0.2, 0) is 13.0 Å². The molecule has 0 spiro atoms. The van der Waals surface area contributed by atoms with Crippen molar-refractivity contribution in [1.29, 1.82) is 0 Å². The standard InChI is InChI=1S/C13H16ClN3/c1-4-6-7-17-11(5-2)9(3)10-8-15-16-13(14)12(10)17/h4,6,8H,5,7H2,1-3H3/b6-4+. The molecular weight excluding hydrogens is 234 g/mol. The fraction of sp³-hybridized carbons (Fsp3) is 0.385. The summed E-state index contributed by atoms with van der Waals surface area (Å²) in [5.74, 6) is 0. The van der Waals surface area contributed by atoms with Gasteiger partial charge in [0.15, 0.2) is 5.15 Å². The maximum Gasteiger partial charge on any atom is 0.175 e. The van der Waals surface area contributed by atoms with Crippen LogP contribution in [0.1, 0.15) is 25.1 Å². The maximum atomic E-state index is 6.16. The maximum absolute atomic E-state index is 6.16. The molecule has 90 valence electrons. The molecule has 2 aromatic heterocycles. The van der Waals surface area contributed by atoms with Crippen molar-refractivity contribution in [3.63, 3.8) is 0 Å². The fourth-order valence-electron chi connectivity index (χ4n) is 2.25. The Bertz CT molecular complexity index is 570. The highest BCUT2D eigenvalue weighted by Gasteiger charge is 2.15. The first-order valence-electron chi connectivity index (χ1n) is 5.80. The van der Waals surface area contributed by atoms with Crippen molar-refractivity contribution < 1.29 is 0 Å². The third-order valence-corrected chi connectivity index (χ3v) is 3.33. The molecule has 0 radical (unpaired) electrons. The second kappa shape index (κ2) is 4.88. The van der Waals surface area contributed by atoms with Gasteiger partial charge in [-0.25, -0.2) is 0 Å². The van der Waals surface area contributed by atoms with Crippen molar-refractivity contribution in [2.45, 2.75) is 33.7 Å². The van der Waals surface area contributed by atoms with E-state index in [-0.39, 0.29) is 0 Å². The van der Waals surface area contributed by atoms with E-state index < -0.39 is 0 Å². The van der Waals surface area contributed by atoms with Crippen LogP contribution in [0.2, 0.25) is 5.15 Å². The molecule has 3 nitrogen and oxygen atoms in total. The molecule has 17 heavy (non-hydrogen) atoms. The summed E-state index contributed by atoms with van der Waals surface area (Å²) in [6.07, 6.45) is 6.94. The number of hydrogen-bond acceptors (Lipinski definition) is 2. The second-order valence-electron chi connectivity index (χ2n) is 4.00. The van der Waals surface area contributed by atoms with E-state index in [1.54, 1.807) is 6.20 Å². The normalized spacial score (nSPS) is 11.8. The highest BCUT2D eigenvalue weighted by molar-refractivity contribution is 6.33. The average Bonchev–Trinajstić information content (AvgIpc) is 2.61.